The zero-order valence-corrected chi connectivity index (χ0v) is 9.29. The van der Waals surface area contributed by atoms with Crippen LogP contribution in [0.25, 0.3) is 0 Å². The highest BCUT2D eigenvalue weighted by molar-refractivity contribution is 4.83. The van der Waals surface area contributed by atoms with Gasteiger partial charge in [-0.25, -0.2) is 0 Å². The Morgan fingerprint density at radius 1 is 1.50 bits per heavy atom. The van der Waals surface area contributed by atoms with Crippen molar-refractivity contribution in [2.75, 3.05) is 26.7 Å². The third-order valence-electron chi connectivity index (χ3n) is 2.95. The second-order valence-electron chi connectivity index (χ2n) is 4.30. The highest BCUT2D eigenvalue weighted by Gasteiger charge is 2.17. The Balaban J connectivity index is 2.34. The molecule has 3 heteroatoms. The van der Waals surface area contributed by atoms with Crippen LogP contribution in [0, 0.1) is 17.2 Å². The molecule has 1 aliphatic heterocycles. The van der Waals surface area contributed by atoms with Crippen LogP contribution in [0.15, 0.2) is 0 Å². The van der Waals surface area contributed by atoms with Crippen LogP contribution in [-0.4, -0.2) is 37.6 Å². The summed E-state index contributed by atoms with van der Waals surface area (Å²) >= 11 is 0. The lowest BCUT2D eigenvalue weighted by atomic mass is 10.1. The molecule has 14 heavy (non-hydrogen) atoms. The maximum atomic E-state index is 8.75. The molecule has 3 nitrogen and oxygen atoms in total. The number of nitrogens with one attached hydrogen (secondary N) is 1. The molecule has 0 bridgehead atoms. The summed E-state index contributed by atoms with van der Waals surface area (Å²) in [7, 11) is 2.14. The first kappa shape index (κ1) is 11.5. The van der Waals surface area contributed by atoms with Crippen LogP contribution in [0.1, 0.15) is 26.2 Å². The van der Waals surface area contributed by atoms with E-state index in [4.69, 9.17) is 5.26 Å². The molecule has 1 fully saturated rings. The smallest absolute Gasteiger partial charge is 0.0666 e. The van der Waals surface area contributed by atoms with Crippen LogP contribution >= 0.6 is 0 Å². The first-order valence-corrected chi connectivity index (χ1v) is 5.54. The molecule has 1 heterocycles. The second-order valence-corrected chi connectivity index (χ2v) is 4.30. The molecule has 1 N–H and O–H groups in total. The van der Waals surface area contributed by atoms with E-state index in [-0.39, 0.29) is 5.92 Å². The van der Waals surface area contributed by atoms with Crippen molar-refractivity contribution in [3.8, 4) is 6.07 Å². The van der Waals surface area contributed by atoms with E-state index in [0.29, 0.717) is 6.04 Å². The minimum atomic E-state index is 0.149. The van der Waals surface area contributed by atoms with Crippen LogP contribution < -0.4 is 5.32 Å². The Hall–Kier alpha value is -0.590. The van der Waals surface area contributed by atoms with Crippen LogP contribution in [0.2, 0.25) is 0 Å². The van der Waals surface area contributed by atoms with Crippen molar-refractivity contribution >= 4 is 0 Å². The lowest BCUT2D eigenvalue weighted by Gasteiger charge is -2.27. The van der Waals surface area contributed by atoms with Gasteiger partial charge >= 0.3 is 0 Å². The van der Waals surface area contributed by atoms with Gasteiger partial charge in [0.05, 0.1) is 12.0 Å². The molecule has 0 aromatic carbocycles. The molecule has 0 radical (unpaired) electrons. The molecule has 1 saturated heterocycles. The summed E-state index contributed by atoms with van der Waals surface area (Å²) in [6, 6.07) is 2.96. The maximum Gasteiger partial charge on any atom is 0.0666 e. The number of nitrogens with zero attached hydrogens (tertiary/aromatic N) is 2. The van der Waals surface area contributed by atoms with E-state index in [9.17, 15) is 0 Å². The minimum Gasteiger partial charge on any atom is -0.317 e. The molecule has 80 valence electrons. The minimum absolute atomic E-state index is 0.149. The molecular formula is C11H21N3. The third kappa shape index (κ3) is 3.65. The van der Waals surface area contributed by atoms with Crippen LogP contribution in [0.4, 0.5) is 0 Å². The fraction of sp³-hybridized carbons (Fsp3) is 0.909. The molecule has 0 aromatic heterocycles. The molecule has 2 unspecified atom stereocenters. The number of rotatable bonds is 3. The van der Waals surface area contributed by atoms with E-state index in [1.807, 2.05) is 6.92 Å². The summed E-state index contributed by atoms with van der Waals surface area (Å²) in [5.41, 5.74) is 0. The topological polar surface area (TPSA) is 39.1 Å². The Labute approximate surface area is 87.1 Å². The van der Waals surface area contributed by atoms with Crippen molar-refractivity contribution in [1.29, 1.82) is 5.26 Å². The Morgan fingerprint density at radius 2 is 2.29 bits per heavy atom. The summed E-state index contributed by atoms with van der Waals surface area (Å²) in [6.45, 7) is 5.17. The van der Waals surface area contributed by atoms with Gasteiger partial charge in [0.1, 0.15) is 0 Å². The fourth-order valence-electron chi connectivity index (χ4n) is 2.06. The zero-order valence-electron chi connectivity index (χ0n) is 9.29. The van der Waals surface area contributed by atoms with E-state index in [0.717, 1.165) is 19.6 Å². The van der Waals surface area contributed by atoms with Gasteiger partial charge in [-0.05, 0) is 46.3 Å². The molecule has 0 saturated carbocycles. The zero-order chi connectivity index (χ0) is 10.4. The molecule has 1 aliphatic rings. The highest BCUT2D eigenvalue weighted by atomic mass is 15.1. The highest BCUT2D eigenvalue weighted by Crippen LogP contribution is 2.12. The van der Waals surface area contributed by atoms with Gasteiger partial charge in [0, 0.05) is 12.6 Å². The van der Waals surface area contributed by atoms with Gasteiger partial charge in [0.25, 0.3) is 0 Å². The summed E-state index contributed by atoms with van der Waals surface area (Å²) in [4.78, 5) is 2.35. The standard InChI is InChI=1S/C11H21N3/c1-10(8-12)9-14(2)11-4-3-6-13-7-5-11/h10-11,13H,3-7,9H2,1-2H3. The summed E-state index contributed by atoms with van der Waals surface area (Å²) in [5, 5.41) is 12.2. The third-order valence-corrected chi connectivity index (χ3v) is 2.95. The van der Waals surface area contributed by atoms with E-state index in [1.165, 1.54) is 19.3 Å². The summed E-state index contributed by atoms with van der Waals surface area (Å²) < 4.78 is 0. The summed E-state index contributed by atoms with van der Waals surface area (Å²) in [5.74, 6) is 0.149. The number of hydrogen-bond acceptors (Lipinski definition) is 3. The van der Waals surface area contributed by atoms with Crippen molar-refractivity contribution in [2.45, 2.75) is 32.2 Å². The molecule has 0 spiro atoms. The van der Waals surface area contributed by atoms with Gasteiger partial charge in [0.15, 0.2) is 0 Å². The molecule has 0 aromatic rings. The van der Waals surface area contributed by atoms with Crippen molar-refractivity contribution in [1.82, 2.24) is 10.2 Å². The lowest BCUT2D eigenvalue weighted by molar-refractivity contribution is 0.211. The van der Waals surface area contributed by atoms with Gasteiger partial charge < -0.3 is 10.2 Å². The van der Waals surface area contributed by atoms with E-state index in [2.05, 4.69) is 23.3 Å². The van der Waals surface area contributed by atoms with Crippen molar-refractivity contribution in [2.24, 2.45) is 5.92 Å². The Morgan fingerprint density at radius 3 is 3.00 bits per heavy atom. The average Bonchev–Trinajstić information content (AvgIpc) is 2.45. The van der Waals surface area contributed by atoms with Crippen LogP contribution in [0.3, 0.4) is 0 Å². The predicted molar refractivity (Wildman–Crippen MR) is 57.9 cm³/mol. The van der Waals surface area contributed by atoms with Crippen molar-refractivity contribution in [3.05, 3.63) is 0 Å². The first-order chi connectivity index (χ1) is 6.74. The van der Waals surface area contributed by atoms with Crippen molar-refractivity contribution < 1.29 is 0 Å². The van der Waals surface area contributed by atoms with Gasteiger partial charge in [-0.2, -0.15) is 5.26 Å². The molecule has 0 amide bonds. The van der Waals surface area contributed by atoms with Gasteiger partial charge in [-0.3, -0.25) is 0 Å². The molecule has 2 atom stereocenters. The second kappa shape index (κ2) is 6.00. The van der Waals surface area contributed by atoms with Crippen LogP contribution in [-0.2, 0) is 0 Å². The van der Waals surface area contributed by atoms with Gasteiger partial charge in [0.2, 0.25) is 0 Å². The first-order valence-electron chi connectivity index (χ1n) is 5.54. The van der Waals surface area contributed by atoms with E-state index in [1.54, 1.807) is 0 Å². The average molecular weight is 195 g/mol. The largest absolute Gasteiger partial charge is 0.317 e. The number of nitriles is 1. The fourth-order valence-corrected chi connectivity index (χ4v) is 2.06. The Kier molecular flexibility index (Phi) is 4.92. The normalized spacial score (nSPS) is 25.4. The maximum absolute atomic E-state index is 8.75. The predicted octanol–water partition coefficient (Wildman–Crippen LogP) is 1.22. The molecular weight excluding hydrogens is 174 g/mol. The van der Waals surface area contributed by atoms with Gasteiger partial charge in [-0.1, -0.05) is 0 Å². The number of hydrogen-bond donors (Lipinski definition) is 1. The Bertz CT molecular complexity index is 189. The quantitative estimate of drug-likeness (QED) is 0.736. The van der Waals surface area contributed by atoms with E-state index < -0.39 is 0 Å². The lowest BCUT2D eigenvalue weighted by Crippen LogP contribution is -2.35. The molecule has 0 aliphatic carbocycles. The summed E-state index contributed by atoms with van der Waals surface area (Å²) in [6.07, 6.45) is 3.74. The SMILES string of the molecule is CC(C#N)CN(C)C1CCCNCC1. The van der Waals surface area contributed by atoms with Crippen LogP contribution in [0.5, 0.6) is 0 Å². The van der Waals surface area contributed by atoms with Gasteiger partial charge in [-0.15, -0.1) is 0 Å². The van der Waals surface area contributed by atoms with E-state index >= 15 is 0 Å². The monoisotopic (exact) mass is 195 g/mol. The van der Waals surface area contributed by atoms with Crippen molar-refractivity contribution in [3.63, 3.8) is 0 Å². The molecule has 1 rings (SSSR count).